The second-order valence-corrected chi connectivity index (χ2v) is 7.14. The number of hydrogen-bond acceptors (Lipinski definition) is 4. The molecule has 0 bridgehead atoms. The smallest absolute Gasteiger partial charge is 0.309 e. The molecular formula is C13H19N3O2S. The van der Waals surface area contributed by atoms with Gasteiger partial charge in [0.1, 0.15) is 5.82 Å². The fourth-order valence-corrected chi connectivity index (χ4v) is 3.08. The highest BCUT2D eigenvalue weighted by atomic mass is 32.2. The average molecular weight is 281 g/mol. The van der Waals surface area contributed by atoms with Gasteiger partial charge in [-0.05, 0) is 39.5 Å². The maximum atomic E-state index is 11.1. The zero-order chi connectivity index (χ0) is 13.6. The number of aliphatic carboxylic acids is 1. The van der Waals surface area contributed by atoms with E-state index in [1.807, 2.05) is 0 Å². The molecule has 2 saturated carbocycles. The number of carboxylic acids is 1. The highest BCUT2D eigenvalue weighted by molar-refractivity contribution is 7.99. The molecule has 2 fully saturated rings. The Morgan fingerprint density at radius 3 is 2.58 bits per heavy atom. The molecule has 1 aromatic rings. The molecule has 6 heteroatoms. The molecular weight excluding hydrogens is 262 g/mol. The first-order valence-corrected chi connectivity index (χ1v) is 7.78. The zero-order valence-electron chi connectivity index (χ0n) is 11.3. The zero-order valence-corrected chi connectivity index (χ0v) is 12.1. The number of aromatic nitrogens is 3. The van der Waals surface area contributed by atoms with Gasteiger partial charge in [0.2, 0.25) is 0 Å². The Morgan fingerprint density at radius 1 is 1.37 bits per heavy atom. The van der Waals surface area contributed by atoms with Crippen LogP contribution in [0, 0.1) is 5.41 Å². The van der Waals surface area contributed by atoms with Gasteiger partial charge >= 0.3 is 5.97 Å². The van der Waals surface area contributed by atoms with Gasteiger partial charge in [0.25, 0.3) is 0 Å². The molecule has 0 unspecified atom stereocenters. The Hall–Kier alpha value is -1.04. The molecule has 0 radical (unpaired) electrons. The van der Waals surface area contributed by atoms with Gasteiger partial charge < -0.3 is 9.67 Å². The summed E-state index contributed by atoms with van der Waals surface area (Å²) < 4.78 is 2.26. The molecule has 1 N–H and O–H groups in total. The van der Waals surface area contributed by atoms with E-state index in [9.17, 15) is 4.79 Å². The third kappa shape index (κ3) is 2.63. The highest BCUT2D eigenvalue weighted by Gasteiger charge is 2.37. The minimum absolute atomic E-state index is 0.526. The lowest BCUT2D eigenvalue weighted by molar-refractivity contribution is -0.145. The first-order valence-electron chi connectivity index (χ1n) is 6.80. The van der Waals surface area contributed by atoms with E-state index in [0.717, 1.165) is 11.0 Å². The molecule has 0 spiro atoms. The first-order chi connectivity index (χ1) is 8.99. The van der Waals surface area contributed by atoms with Crippen LogP contribution in [0.25, 0.3) is 0 Å². The maximum Gasteiger partial charge on any atom is 0.309 e. The van der Waals surface area contributed by atoms with Crippen molar-refractivity contribution in [2.24, 2.45) is 5.41 Å². The summed E-state index contributed by atoms with van der Waals surface area (Å²) in [6.45, 7) is 3.50. The summed E-state index contributed by atoms with van der Waals surface area (Å²) in [5, 5.41) is 18.7. The fraction of sp³-hybridized carbons (Fsp3) is 0.769. The molecule has 3 rings (SSSR count). The van der Waals surface area contributed by atoms with Crippen LogP contribution < -0.4 is 0 Å². The number of carboxylic acid groups (broad SMARTS) is 1. The average Bonchev–Trinajstić information content (AvgIpc) is 3.25. The van der Waals surface area contributed by atoms with Crippen molar-refractivity contribution in [1.29, 1.82) is 0 Å². The Bertz CT molecular complexity index is 504. The van der Waals surface area contributed by atoms with Crippen LogP contribution in [0.5, 0.6) is 0 Å². The van der Waals surface area contributed by atoms with Crippen LogP contribution in [-0.4, -0.2) is 31.6 Å². The van der Waals surface area contributed by atoms with Crippen LogP contribution >= 0.6 is 11.8 Å². The molecule has 104 valence electrons. The van der Waals surface area contributed by atoms with E-state index < -0.39 is 11.4 Å². The van der Waals surface area contributed by atoms with Crippen LogP contribution in [0.3, 0.4) is 0 Å². The van der Waals surface area contributed by atoms with Crippen molar-refractivity contribution in [3.8, 4) is 0 Å². The molecule has 1 aromatic heterocycles. The molecule has 2 aliphatic rings. The Morgan fingerprint density at radius 2 is 2.05 bits per heavy atom. The lowest BCUT2D eigenvalue weighted by Crippen LogP contribution is -2.26. The Kier molecular flexibility index (Phi) is 3.08. The number of nitrogens with zero attached hydrogens (tertiary/aromatic N) is 3. The molecule has 1 heterocycles. The van der Waals surface area contributed by atoms with Crippen LogP contribution in [0.2, 0.25) is 0 Å². The van der Waals surface area contributed by atoms with Crippen molar-refractivity contribution in [3.05, 3.63) is 5.82 Å². The third-order valence-corrected chi connectivity index (χ3v) is 5.09. The molecule has 0 aromatic carbocycles. The van der Waals surface area contributed by atoms with Crippen LogP contribution in [0.4, 0.5) is 0 Å². The van der Waals surface area contributed by atoms with Crippen molar-refractivity contribution >= 4 is 17.7 Å². The van der Waals surface area contributed by atoms with Crippen LogP contribution in [0.1, 0.15) is 57.3 Å². The second kappa shape index (κ2) is 4.51. The normalized spacial score (nSPS) is 19.7. The largest absolute Gasteiger partial charge is 0.481 e. The molecule has 0 amide bonds. The summed E-state index contributed by atoms with van der Waals surface area (Å²) in [5.41, 5.74) is -0.731. The van der Waals surface area contributed by atoms with Gasteiger partial charge in [-0.2, -0.15) is 0 Å². The van der Waals surface area contributed by atoms with Crippen molar-refractivity contribution in [1.82, 2.24) is 14.8 Å². The van der Waals surface area contributed by atoms with E-state index in [1.165, 1.54) is 37.4 Å². The Labute approximate surface area is 116 Å². The van der Waals surface area contributed by atoms with Crippen LogP contribution in [0.15, 0.2) is 5.16 Å². The van der Waals surface area contributed by atoms with E-state index in [1.54, 1.807) is 13.8 Å². The lowest BCUT2D eigenvalue weighted by Gasteiger charge is -2.18. The minimum Gasteiger partial charge on any atom is -0.481 e. The van der Waals surface area contributed by atoms with Crippen molar-refractivity contribution in [2.75, 3.05) is 5.75 Å². The highest BCUT2D eigenvalue weighted by Crippen LogP contribution is 2.46. The van der Waals surface area contributed by atoms with Crippen LogP contribution in [-0.2, 0) is 4.79 Å². The standard InChI is InChI=1S/C13H19N3O2S/c1-13(2,11(17)18)7-19-12-15-14-10(8-3-4-8)16(12)9-5-6-9/h8-9H,3-7H2,1-2H3,(H,17,18). The van der Waals surface area contributed by atoms with E-state index in [4.69, 9.17) is 5.11 Å². The first kappa shape index (κ1) is 13.0. The quantitative estimate of drug-likeness (QED) is 0.812. The van der Waals surface area contributed by atoms with Crippen molar-refractivity contribution in [3.63, 3.8) is 0 Å². The summed E-state index contributed by atoms with van der Waals surface area (Å²) in [5.74, 6) is 1.48. The predicted molar refractivity (Wildman–Crippen MR) is 72.4 cm³/mol. The predicted octanol–water partition coefficient (Wildman–Crippen LogP) is 2.69. The number of carbonyl (C=O) groups is 1. The van der Waals surface area contributed by atoms with E-state index in [-0.39, 0.29) is 0 Å². The van der Waals surface area contributed by atoms with Gasteiger partial charge in [-0.15, -0.1) is 10.2 Å². The molecule has 5 nitrogen and oxygen atoms in total. The molecule has 0 saturated heterocycles. The number of hydrogen-bond donors (Lipinski definition) is 1. The monoisotopic (exact) mass is 281 g/mol. The molecule has 0 atom stereocenters. The van der Waals surface area contributed by atoms with E-state index in [2.05, 4.69) is 14.8 Å². The van der Waals surface area contributed by atoms with Gasteiger partial charge in [-0.1, -0.05) is 11.8 Å². The molecule has 2 aliphatic carbocycles. The van der Waals surface area contributed by atoms with Crippen molar-refractivity contribution < 1.29 is 9.90 Å². The van der Waals surface area contributed by atoms with Crippen molar-refractivity contribution in [2.45, 2.75) is 56.6 Å². The lowest BCUT2D eigenvalue weighted by atomic mass is 9.97. The van der Waals surface area contributed by atoms with E-state index >= 15 is 0 Å². The number of rotatable bonds is 6. The Balaban J connectivity index is 1.76. The van der Waals surface area contributed by atoms with Gasteiger partial charge in [0, 0.05) is 17.7 Å². The minimum atomic E-state index is -0.764. The summed E-state index contributed by atoms with van der Waals surface area (Å²) in [6, 6.07) is 0.557. The van der Waals surface area contributed by atoms with Gasteiger partial charge in [-0.25, -0.2) is 0 Å². The third-order valence-electron chi connectivity index (χ3n) is 3.69. The maximum absolute atomic E-state index is 11.1. The summed E-state index contributed by atoms with van der Waals surface area (Å²) >= 11 is 1.53. The fourth-order valence-electron chi connectivity index (χ4n) is 1.99. The van der Waals surface area contributed by atoms with Gasteiger partial charge in [0.15, 0.2) is 5.16 Å². The van der Waals surface area contributed by atoms with Gasteiger partial charge in [0.05, 0.1) is 5.41 Å². The van der Waals surface area contributed by atoms with Gasteiger partial charge in [-0.3, -0.25) is 4.79 Å². The SMILES string of the molecule is CC(C)(CSc1nnc(C2CC2)n1C1CC1)C(=O)O. The second-order valence-electron chi connectivity index (χ2n) is 6.19. The number of thioether (sulfide) groups is 1. The summed E-state index contributed by atoms with van der Waals surface area (Å²) in [6.07, 6.45) is 4.84. The summed E-state index contributed by atoms with van der Waals surface area (Å²) in [4.78, 5) is 11.1. The molecule has 19 heavy (non-hydrogen) atoms. The summed E-state index contributed by atoms with van der Waals surface area (Å²) in [7, 11) is 0. The van der Waals surface area contributed by atoms with E-state index in [0.29, 0.717) is 17.7 Å². The molecule has 0 aliphatic heterocycles. The topological polar surface area (TPSA) is 68.0 Å².